The van der Waals surface area contributed by atoms with E-state index >= 15 is 0 Å². The van der Waals surface area contributed by atoms with Gasteiger partial charge in [-0.05, 0) is 42.7 Å². The number of hydrogen-bond acceptors (Lipinski definition) is 9. The minimum absolute atomic E-state index is 0.00145. The first-order valence-electron chi connectivity index (χ1n) is 12.4. The van der Waals surface area contributed by atoms with Gasteiger partial charge >= 0.3 is 6.18 Å². The van der Waals surface area contributed by atoms with Crippen molar-refractivity contribution in [3.05, 3.63) is 46.5 Å². The Hall–Kier alpha value is -2.74. The lowest BCUT2D eigenvalue weighted by Gasteiger charge is -2.49. The van der Waals surface area contributed by atoms with Gasteiger partial charge in [-0.25, -0.2) is 18.4 Å². The number of aromatic nitrogens is 2. The van der Waals surface area contributed by atoms with Crippen LogP contribution in [-0.4, -0.2) is 55.9 Å². The number of aryl methyl sites for hydroxylation is 1. The maximum atomic E-state index is 13.9. The molecule has 38 heavy (non-hydrogen) atoms. The number of nitrogens with one attached hydrogen (secondary N) is 2. The first-order valence-corrected chi connectivity index (χ1v) is 14.9. The average Bonchev–Trinajstić information content (AvgIpc) is 3.25. The van der Waals surface area contributed by atoms with Crippen molar-refractivity contribution in [2.45, 2.75) is 49.5 Å². The molecule has 8 nitrogen and oxygen atoms in total. The number of sulfone groups is 1. The molecule has 7 rings (SSSR count). The molecule has 2 unspecified atom stereocenters. The monoisotopic (exact) mass is 565 g/mol. The van der Waals surface area contributed by atoms with Gasteiger partial charge in [0.05, 0.1) is 34.4 Å². The Kier molecular flexibility index (Phi) is 6.36. The molecule has 0 aliphatic carbocycles. The summed E-state index contributed by atoms with van der Waals surface area (Å²) in [5.41, 5.74) is 1.42. The van der Waals surface area contributed by atoms with E-state index in [1.165, 1.54) is 12.5 Å². The highest BCUT2D eigenvalue weighted by molar-refractivity contribution is 7.91. The number of ether oxygens (including phenoxy) is 1. The third-order valence-electron chi connectivity index (χ3n) is 7.17. The second-order valence-corrected chi connectivity index (χ2v) is 13.0. The number of halogens is 3. The van der Waals surface area contributed by atoms with Gasteiger partial charge in [0.15, 0.2) is 9.84 Å². The molecule has 6 heterocycles. The van der Waals surface area contributed by atoms with Crippen molar-refractivity contribution >= 4 is 38.5 Å². The van der Waals surface area contributed by atoms with Crippen LogP contribution in [0.3, 0.4) is 0 Å². The van der Waals surface area contributed by atoms with E-state index in [9.17, 15) is 21.6 Å². The third-order valence-corrected chi connectivity index (χ3v) is 10.1. The van der Waals surface area contributed by atoms with Gasteiger partial charge in [-0.1, -0.05) is 6.92 Å². The number of alkyl halides is 3. The van der Waals surface area contributed by atoms with Crippen LogP contribution in [0.1, 0.15) is 29.3 Å². The summed E-state index contributed by atoms with van der Waals surface area (Å²) in [7, 11) is -3.66. The van der Waals surface area contributed by atoms with Crippen molar-refractivity contribution in [3.8, 4) is 10.6 Å². The van der Waals surface area contributed by atoms with Crippen LogP contribution in [0.15, 0.2) is 35.4 Å². The second-order valence-electron chi connectivity index (χ2n) is 9.74. The molecule has 0 saturated carbocycles. The predicted molar refractivity (Wildman–Crippen MR) is 139 cm³/mol. The van der Waals surface area contributed by atoms with Crippen LogP contribution < -0.4 is 15.5 Å². The summed E-state index contributed by atoms with van der Waals surface area (Å²) < 4.78 is 72.3. The zero-order valence-electron chi connectivity index (χ0n) is 20.5. The van der Waals surface area contributed by atoms with E-state index in [2.05, 4.69) is 31.6 Å². The van der Waals surface area contributed by atoms with E-state index in [1.807, 2.05) is 19.1 Å². The van der Waals surface area contributed by atoms with Gasteiger partial charge < -0.3 is 20.3 Å². The van der Waals surface area contributed by atoms with Gasteiger partial charge in [0.1, 0.15) is 5.56 Å². The molecule has 2 bridgehead atoms. The van der Waals surface area contributed by atoms with E-state index < -0.39 is 21.6 Å². The van der Waals surface area contributed by atoms with Crippen molar-refractivity contribution in [1.82, 2.24) is 15.3 Å². The number of nitrogens with zero attached hydrogens (tertiary/aromatic N) is 3. The van der Waals surface area contributed by atoms with E-state index in [4.69, 9.17) is 4.74 Å². The molecule has 2 aromatic heterocycles. The number of piperidine rings is 1. The fraction of sp³-hybridized carbons (Fsp3) is 0.440. The molecule has 0 spiro atoms. The number of benzene rings is 1. The van der Waals surface area contributed by atoms with Crippen molar-refractivity contribution in [2.24, 2.45) is 0 Å². The Balaban J connectivity index is 1.34. The summed E-state index contributed by atoms with van der Waals surface area (Å²) in [5.74, 6) is -0.217. The molecule has 2 N–H and O–H groups in total. The number of hydrogen-bond donors (Lipinski definition) is 2. The summed E-state index contributed by atoms with van der Waals surface area (Å²) in [6, 6.07) is 8.31. The highest BCUT2D eigenvalue weighted by Crippen LogP contribution is 2.42. The Morgan fingerprint density at radius 3 is 2.71 bits per heavy atom. The van der Waals surface area contributed by atoms with Crippen LogP contribution in [-0.2, 0) is 33.8 Å². The zero-order chi connectivity index (χ0) is 26.7. The lowest BCUT2D eigenvalue weighted by Crippen LogP contribution is -2.67. The number of piperazine rings is 1. The van der Waals surface area contributed by atoms with Gasteiger partial charge in [0.2, 0.25) is 5.95 Å². The van der Waals surface area contributed by atoms with Crippen molar-refractivity contribution < 1.29 is 26.3 Å². The van der Waals surface area contributed by atoms with E-state index in [0.717, 1.165) is 41.9 Å². The van der Waals surface area contributed by atoms with Crippen LogP contribution in [0.5, 0.6) is 0 Å². The maximum Gasteiger partial charge on any atom is 0.420 e. The minimum Gasteiger partial charge on any atom is -0.375 e. The molecule has 13 heteroatoms. The van der Waals surface area contributed by atoms with Crippen LogP contribution >= 0.6 is 11.3 Å². The third kappa shape index (κ3) is 4.76. The molecular weight excluding hydrogens is 539 g/mol. The summed E-state index contributed by atoms with van der Waals surface area (Å²) >= 11 is 0.946. The Bertz CT molecular complexity index is 1480. The van der Waals surface area contributed by atoms with Crippen LogP contribution in [0, 0.1) is 0 Å². The molecule has 0 amide bonds. The molecule has 4 aliphatic heterocycles. The van der Waals surface area contributed by atoms with Crippen LogP contribution in [0.25, 0.3) is 10.6 Å². The van der Waals surface area contributed by atoms with E-state index in [1.54, 1.807) is 0 Å². The summed E-state index contributed by atoms with van der Waals surface area (Å²) in [5, 5.41) is 6.61. The molecule has 0 radical (unpaired) electrons. The largest absolute Gasteiger partial charge is 0.420 e. The predicted octanol–water partition coefficient (Wildman–Crippen LogP) is 4.38. The van der Waals surface area contributed by atoms with Crippen molar-refractivity contribution in [2.75, 3.05) is 35.7 Å². The highest BCUT2D eigenvalue weighted by atomic mass is 32.2. The maximum absolute atomic E-state index is 13.9. The number of rotatable bonds is 5. The number of fused-ring (bicyclic) bond motifs is 3. The molecule has 202 valence electrons. The minimum atomic E-state index is -4.72. The fourth-order valence-electron chi connectivity index (χ4n) is 5.21. The molecule has 4 aliphatic rings. The van der Waals surface area contributed by atoms with Crippen molar-refractivity contribution in [3.63, 3.8) is 0 Å². The van der Waals surface area contributed by atoms with E-state index in [0.29, 0.717) is 29.1 Å². The van der Waals surface area contributed by atoms with Gasteiger partial charge in [0.25, 0.3) is 0 Å². The SMILES string of the molecule is CCc1cc(N2CC3CC(C2)N3)ccc1Nc1ncc(C(F)(F)F)c(-c2cc3c(s2)COCCS3(=O)=O)n1. The Morgan fingerprint density at radius 2 is 2.00 bits per heavy atom. The fourth-order valence-corrected chi connectivity index (χ4v) is 8.05. The Morgan fingerprint density at radius 1 is 1.24 bits per heavy atom. The summed E-state index contributed by atoms with van der Waals surface area (Å²) in [6.45, 7) is 3.98. The molecule has 3 fully saturated rings. The summed E-state index contributed by atoms with van der Waals surface area (Å²) in [6.07, 6.45) is -2.06. The first-order chi connectivity index (χ1) is 18.1. The number of anilines is 3. The van der Waals surface area contributed by atoms with Gasteiger partial charge in [-0.2, -0.15) is 13.2 Å². The number of thiophene rings is 1. The first kappa shape index (κ1) is 25.5. The van der Waals surface area contributed by atoms with Gasteiger partial charge in [0, 0.05) is 47.6 Å². The van der Waals surface area contributed by atoms with Crippen LogP contribution in [0.2, 0.25) is 0 Å². The molecule has 2 atom stereocenters. The molecule has 3 saturated heterocycles. The van der Waals surface area contributed by atoms with Crippen LogP contribution in [0.4, 0.5) is 30.5 Å². The molecule has 3 aromatic rings. The topological polar surface area (TPSA) is 96.5 Å². The molecule has 1 aromatic carbocycles. The summed E-state index contributed by atoms with van der Waals surface area (Å²) in [4.78, 5) is 11.0. The van der Waals surface area contributed by atoms with Gasteiger partial charge in [-0.15, -0.1) is 11.3 Å². The normalized spacial score (nSPS) is 22.4. The van der Waals surface area contributed by atoms with E-state index in [-0.39, 0.29) is 40.4 Å². The standard InChI is InChI=1S/C25H26F3N5O3S2/c1-2-14-7-17(33-11-15-8-16(12-33)30-15)3-4-19(14)31-24-29-10-18(25(26,27)28)23(32-24)20-9-22-21(37-20)13-36-5-6-38(22,34)35/h3-4,7,9-10,15-16,30H,2,5-6,8,11-13H2,1H3,(H,29,31,32). The lowest BCUT2D eigenvalue weighted by molar-refractivity contribution is -0.137. The highest BCUT2D eigenvalue weighted by Gasteiger charge is 2.38. The zero-order valence-corrected chi connectivity index (χ0v) is 22.1. The van der Waals surface area contributed by atoms with Gasteiger partial charge in [-0.3, -0.25) is 0 Å². The second kappa shape index (κ2) is 9.47. The quantitative estimate of drug-likeness (QED) is 0.471. The van der Waals surface area contributed by atoms with Crippen molar-refractivity contribution in [1.29, 1.82) is 0 Å². The molecular formula is C25H26F3N5O3S2. The smallest absolute Gasteiger partial charge is 0.375 e. The average molecular weight is 566 g/mol. The Labute approximate surface area is 222 Å². The lowest BCUT2D eigenvalue weighted by atomic mass is 9.91.